The fourth-order valence-electron chi connectivity index (χ4n) is 4.31. The Morgan fingerprint density at radius 2 is 1.36 bits per heavy atom. The summed E-state index contributed by atoms with van der Waals surface area (Å²) in [6.07, 6.45) is 12.7. The monoisotopic (exact) mass is 378 g/mol. The van der Waals surface area contributed by atoms with Crippen molar-refractivity contribution in [1.29, 1.82) is 0 Å². The first-order valence-corrected chi connectivity index (χ1v) is 11.5. The second-order valence-electron chi connectivity index (χ2n) is 8.75. The number of unbranched alkanes of at least 4 members (excludes halogenated alkanes) is 3. The van der Waals surface area contributed by atoms with Crippen LogP contribution in [0.1, 0.15) is 87.8 Å². The minimum atomic E-state index is 0.791. The Hall–Kier alpha value is -1.76. The molecule has 28 heavy (non-hydrogen) atoms. The molecule has 1 fully saturated rings. The molecule has 3 rings (SSSR count). The summed E-state index contributed by atoms with van der Waals surface area (Å²) in [5.74, 6) is 2.72. The molecule has 0 radical (unpaired) electrons. The maximum Gasteiger partial charge on any atom is 0.119 e. The number of benzene rings is 2. The number of rotatable bonds is 10. The molecule has 152 valence electrons. The van der Waals surface area contributed by atoms with E-state index in [4.69, 9.17) is 4.74 Å². The molecule has 2 aromatic rings. The molecule has 0 atom stereocenters. The Bertz CT molecular complexity index is 662. The molecule has 0 spiro atoms. The van der Waals surface area contributed by atoms with Crippen LogP contribution in [0.3, 0.4) is 0 Å². The van der Waals surface area contributed by atoms with Crippen molar-refractivity contribution in [3.05, 3.63) is 65.2 Å². The maximum absolute atomic E-state index is 5.85. The zero-order chi connectivity index (χ0) is 19.6. The van der Waals surface area contributed by atoms with E-state index in [0.717, 1.165) is 43.5 Å². The summed E-state index contributed by atoms with van der Waals surface area (Å²) >= 11 is 0. The molecule has 1 nitrogen and oxygen atoms in total. The molecule has 0 bridgehead atoms. The van der Waals surface area contributed by atoms with E-state index in [1.807, 2.05) is 0 Å². The van der Waals surface area contributed by atoms with Gasteiger partial charge in [-0.1, -0.05) is 82.3 Å². The van der Waals surface area contributed by atoms with E-state index in [9.17, 15) is 0 Å². The van der Waals surface area contributed by atoms with Gasteiger partial charge in [-0.2, -0.15) is 0 Å². The normalized spacial score (nSPS) is 19.5. The third kappa shape index (κ3) is 6.69. The van der Waals surface area contributed by atoms with Gasteiger partial charge >= 0.3 is 0 Å². The SMILES string of the molecule is CCCCCCOc1ccc(CCc2ccc(C3CCC(C)CC3)cc2)cc1. The minimum absolute atomic E-state index is 0.791. The van der Waals surface area contributed by atoms with Gasteiger partial charge in [0.2, 0.25) is 0 Å². The molecule has 0 amide bonds. The largest absolute Gasteiger partial charge is 0.494 e. The Morgan fingerprint density at radius 1 is 0.750 bits per heavy atom. The molecular formula is C27H38O. The molecule has 0 saturated heterocycles. The highest BCUT2D eigenvalue weighted by molar-refractivity contribution is 5.29. The third-order valence-corrected chi connectivity index (χ3v) is 6.36. The predicted octanol–water partition coefficient (Wildman–Crippen LogP) is 7.72. The van der Waals surface area contributed by atoms with Crippen molar-refractivity contribution in [3.63, 3.8) is 0 Å². The van der Waals surface area contributed by atoms with Crippen LogP contribution in [0.2, 0.25) is 0 Å². The molecule has 1 aliphatic rings. The highest BCUT2D eigenvalue weighted by atomic mass is 16.5. The first kappa shape index (κ1) is 21.0. The summed E-state index contributed by atoms with van der Waals surface area (Å²) in [7, 11) is 0. The molecule has 2 aromatic carbocycles. The van der Waals surface area contributed by atoms with Gasteiger partial charge in [0, 0.05) is 0 Å². The lowest BCUT2D eigenvalue weighted by Crippen LogP contribution is -2.10. The van der Waals surface area contributed by atoms with Crippen LogP contribution in [0.25, 0.3) is 0 Å². The molecule has 1 saturated carbocycles. The number of aryl methyl sites for hydroxylation is 2. The van der Waals surface area contributed by atoms with Gasteiger partial charge in [-0.3, -0.25) is 0 Å². The van der Waals surface area contributed by atoms with Crippen molar-refractivity contribution >= 4 is 0 Å². The van der Waals surface area contributed by atoms with Crippen LogP contribution in [0.5, 0.6) is 5.75 Å². The van der Waals surface area contributed by atoms with Crippen molar-refractivity contribution in [2.24, 2.45) is 5.92 Å². The second-order valence-corrected chi connectivity index (χ2v) is 8.75. The first-order valence-electron chi connectivity index (χ1n) is 11.5. The van der Waals surface area contributed by atoms with Crippen LogP contribution in [-0.4, -0.2) is 6.61 Å². The number of ether oxygens (including phenoxy) is 1. The summed E-state index contributed by atoms with van der Waals surface area (Å²) < 4.78 is 5.85. The van der Waals surface area contributed by atoms with E-state index >= 15 is 0 Å². The molecular weight excluding hydrogens is 340 g/mol. The fraction of sp³-hybridized carbons (Fsp3) is 0.556. The van der Waals surface area contributed by atoms with E-state index in [1.54, 1.807) is 5.56 Å². The summed E-state index contributed by atoms with van der Waals surface area (Å²) in [5, 5.41) is 0. The van der Waals surface area contributed by atoms with Crippen molar-refractivity contribution in [3.8, 4) is 5.75 Å². The lowest BCUT2D eigenvalue weighted by atomic mass is 9.79. The quantitative estimate of drug-likeness (QED) is 0.384. The van der Waals surface area contributed by atoms with E-state index in [1.165, 1.54) is 56.1 Å². The van der Waals surface area contributed by atoms with Crippen LogP contribution in [0, 0.1) is 5.92 Å². The molecule has 0 unspecified atom stereocenters. The van der Waals surface area contributed by atoms with E-state index in [-0.39, 0.29) is 0 Å². The van der Waals surface area contributed by atoms with Gasteiger partial charge in [-0.25, -0.2) is 0 Å². The third-order valence-electron chi connectivity index (χ3n) is 6.36. The maximum atomic E-state index is 5.85. The van der Waals surface area contributed by atoms with E-state index in [2.05, 4.69) is 62.4 Å². The molecule has 0 aliphatic heterocycles. The van der Waals surface area contributed by atoms with E-state index < -0.39 is 0 Å². The smallest absolute Gasteiger partial charge is 0.119 e. The van der Waals surface area contributed by atoms with Crippen LogP contribution >= 0.6 is 0 Å². The molecule has 0 aromatic heterocycles. The van der Waals surface area contributed by atoms with Gasteiger partial charge in [0.15, 0.2) is 0 Å². The zero-order valence-corrected chi connectivity index (χ0v) is 18.0. The summed E-state index contributed by atoms with van der Waals surface area (Å²) in [6.45, 7) is 5.47. The lowest BCUT2D eigenvalue weighted by Gasteiger charge is -2.26. The van der Waals surface area contributed by atoms with Gasteiger partial charge in [0.25, 0.3) is 0 Å². The van der Waals surface area contributed by atoms with Crippen molar-refractivity contribution < 1.29 is 4.74 Å². The molecule has 0 heterocycles. The Labute approximate surface area is 172 Å². The average Bonchev–Trinajstić information content (AvgIpc) is 2.74. The van der Waals surface area contributed by atoms with Gasteiger partial charge < -0.3 is 4.74 Å². The highest BCUT2D eigenvalue weighted by Crippen LogP contribution is 2.35. The molecule has 1 aliphatic carbocycles. The van der Waals surface area contributed by atoms with Crippen LogP contribution in [0.15, 0.2) is 48.5 Å². The molecule has 0 N–H and O–H groups in total. The van der Waals surface area contributed by atoms with Crippen LogP contribution < -0.4 is 4.74 Å². The van der Waals surface area contributed by atoms with Gasteiger partial charge in [-0.15, -0.1) is 0 Å². The topological polar surface area (TPSA) is 9.23 Å². The summed E-state index contributed by atoms with van der Waals surface area (Å²) in [6, 6.07) is 18.2. The highest BCUT2D eigenvalue weighted by Gasteiger charge is 2.19. The predicted molar refractivity (Wildman–Crippen MR) is 120 cm³/mol. The Morgan fingerprint density at radius 3 is 1.96 bits per heavy atom. The first-order chi connectivity index (χ1) is 13.7. The minimum Gasteiger partial charge on any atom is -0.494 e. The van der Waals surface area contributed by atoms with Crippen LogP contribution in [0.4, 0.5) is 0 Å². The van der Waals surface area contributed by atoms with Crippen LogP contribution in [-0.2, 0) is 12.8 Å². The van der Waals surface area contributed by atoms with Crippen molar-refractivity contribution in [1.82, 2.24) is 0 Å². The van der Waals surface area contributed by atoms with Crippen molar-refractivity contribution in [2.45, 2.75) is 84.0 Å². The Kier molecular flexibility index (Phi) is 8.45. The Balaban J connectivity index is 1.41. The zero-order valence-electron chi connectivity index (χ0n) is 18.0. The average molecular weight is 379 g/mol. The summed E-state index contributed by atoms with van der Waals surface area (Å²) in [5.41, 5.74) is 4.39. The summed E-state index contributed by atoms with van der Waals surface area (Å²) in [4.78, 5) is 0. The van der Waals surface area contributed by atoms with Gasteiger partial charge in [0.05, 0.1) is 6.61 Å². The van der Waals surface area contributed by atoms with Gasteiger partial charge in [0.1, 0.15) is 5.75 Å². The van der Waals surface area contributed by atoms with Crippen molar-refractivity contribution in [2.75, 3.05) is 6.61 Å². The lowest BCUT2D eigenvalue weighted by molar-refractivity contribution is 0.305. The molecule has 1 heteroatoms. The number of hydrogen-bond donors (Lipinski definition) is 0. The second kappa shape index (κ2) is 11.3. The van der Waals surface area contributed by atoms with Gasteiger partial charge in [-0.05, 0) is 72.8 Å². The van der Waals surface area contributed by atoms with E-state index in [0.29, 0.717) is 0 Å². The number of hydrogen-bond acceptors (Lipinski definition) is 1. The fourth-order valence-corrected chi connectivity index (χ4v) is 4.31. The standard InChI is InChI=1S/C27H38O/c1-3-4-5-6-21-28-27-19-13-24(14-20-27)10-9-23-11-17-26(18-12-23)25-15-7-22(2)8-16-25/h11-14,17-20,22,25H,3-10,15-16,21H2,1-2H3.